The zero-order valence-electron chi connectivity index (χ0n) is 80.9. The number of rotatable bonds is 90. The molecule has 0 aliphatic carbocycles. The molecule has 716 valence electrons. The quantitative estimate of drug-likeness (QED) is 0.0150. The van der Waals surface area contributed by atoms with Gasteiger partial charge in [-0.2, -0.15) is 0 Å². The van der Waals surface area contributed by atoms with E-state index in [2.05, 4.69) is 27.7 Å². The van der Waals surface area contributed by atoms with Crippen molar-refractivity contribution >= 4 is 81.9 Å². The maximum absolute atomic E-state index is 12.9. The van der Waals surface area contributed by atoms with E-state index in [1.54, 1.807) is 24.3 Å². The zero-order valence-corrected chi connectivity index (χ0v) is 84.7. The van der Waals surface area contributed by atoms with E-state index in [1.165, 1.54) is 462 Å². The number of hydrogen-bond donors (Lipinski definition) is 0. The maximum Gasteiger partial charge on any atom is 2.00 e. The van der Waals surface area contributed by atoms with Crippen LogP contribution in [0, 0.1) is 0 Å². The number of ether oxygens (including phenoxy) is 4. The second-order valence-electron chi connectivity index (χ2n) is 36.0. The molecule has 0 N–H and O–H groups in total. The van der Waals surface area contributed by atoms with Crippen molar-refractivity contribution in [1.29, 1.82) is 0 Å². The van der Waals surface area contributed by atoms with Crippen LogP contribution in [0.5, 0.6) is 0 Å². The maximum atomic E-state index is 12.9. The van der Waals surface area contributed by atoms with Crippen molar-refractivity contribution in [2.75, 3.05) is 0 Å². The third-order valence-corrected chi connectivity index (χ3v) is 26.1. The number of esters is 4. The van der Waals surface area contributed by atoms with Crippen LogP contribution >= 0.6 is 0 Å². The minimum absolute atomic E-state index is 0. The molecule has 2 rings (SSSR count). The van der Waals surface area contributed by atoms with Gasteiger partial charge in [-0.25, -0.2) is 36.0 Å². The molecule has 125 heavy (non-hydrogen) atoms. The fourth-order valence-electron chi connectivity index (χ4n) is 16.4. The molecule has 2 aromatic rings. The predicted octanol–water partition coefficient (Wildman–Crippen LogP) is 34.8. The van der Waals surface area contributed by atoms with Gasteiger partial charge in [-0.1, -0.05) is 490 Å². The summed E-state index contributed by atoms with van der Waals surface area (Å²) in [5.74, 6) is -3.50. The van der Waals surface area contributed by atoms with Crippen LogP contribution in [0.4, 0.5) is 0 Å². The van der Waals surface area contributed by atoms with Crippen LogP contribution in [-0.4, -0.2) is 87.6 Å². The Labute approximate surface area is 798 Å². The first-order valence-electron chi connectivity index (χ1n) is 52.3. The average molecular weight is 1810 g/mol. The largest absolute Gasteiger partial charge is 2.00 e. The van der Waals surface area contributed by atoms with E-state index in [0.29, 0.717) is 0 Å². The summed E-state index contributed by atoms with van der Waals surface area (Å²) in [6.45, 7) is 9.10. The van der Waals surface area contributed by atoms with Crippen LogP contribution in [0.1, 0.15) is 583 Å². The van der Waals surface area contributed by atoms with Gasteiger partial charge in [-0.3, -0.25) is 0 Å². The predicted molar refractivity (Wildman–Crippen MR) is 525 cm³/mol. The van der Waals surface area contributed by atoms with Crippen molar-refractivity contribution in [1.82, 2.24) is 0 Å². The van der Waals surface area contributed by atoms with Gasteiger partial charge < -0.3 is 28.1 Å². The molecule has 0 saturated heterocycles. The van der Waals surface area contributed by atoms with Crippen LogP contribution in [0.15, 0.2) is 95.5 Å². The summed E-state index contributed by atoms with van der Waals surface area (Å²) < 4.78 is 91.1. The standard InChI is InChI=1S/2C54H94O7S.Ca/c2*1-3-5-7-9-11-13-15-17-19-21-23-25-27-29-31-33-35-37-39-41-43-47-60-53(55)51-46-45-50(62(57,58)59)49-52(51)54(56)61-48-44-42-40-38-36-34-32-30-28-26-24-22-20-18-16-14-12-10-8-6-4-2;/h2*43-49H,3-42H2,1-2H3,(H,57,58,59);/q;;+2/p-2/b2*47-43+,48-44+;. The van der Waals surface area contributed by atoms with E-state index < -0.39 is 53.9 Å². The molecule has 0 radical (unpaired) electrons. The Bertz CT molecular complexity index is 2950. The number of allylic oxidation sites excluding steroid dienone is 4. The molecular weight excluding hydrogens is 1630 g/mol. The Morgan fingerprint density at radius 3 is 0.480 bits per heavy atom. The van der Waals surface area contributed by atoms with Gasteiger partial charge in [0.1, 0.15) is 20.2 Å². The molecule has 0 saturated carbocycles. The molecule has 0 atom stereocenters. The first-order valence-corrected chi connectivity index (χ1v) is 55.1. The number of hydrogen-bond acceptors (Lipinski definition) is 14. The van der Waals surface area contributed by atoms with Crippen LogP contribution in [0.3, 0.4) is 0 Å². The van der Waals surface area contributed by atoms with Gasteiger partial charge in [0.25, 0.3) is 0 Å². The Morgan fingerprint density at radius 1 is 0.216 bits per heavy atom. The molecule has 0 aliphatic rings. The summed E-state index contributed by atoms with van der Waals surface area (Å²) in [6.07, 6.45) is 116. The van der Waals surface area contributed by atoms with E-state index in [1.807, 2.05) is 0 Å². The Balaban J connectivity index is 0.00000244. The molecule has 2 aromatic carbocycles. The second kappa shape index (κ2) is 92.2. The van der Waals surface area contributed by atoms with Gasteiger partial charge in [0.05, 0.1) is 57.1 Å². The summed E-state index contributed by atoms with van der Waals surface area (Å²) in [5.41, 5.74) is -0.981. The number of carbonyl (C=O) groups excluding carboxylic acids is 4. The molecule has 0 bridgehead atoms. The number of carbonyl (C=O) groups is 4. The fourth-order valence-corrected chi connectivity index (χ4v) is 17.4. The normalized spacial score (nSPS) is 11.8. The molecule has 0 unspecified atom stereocenters. The van der Waals surface area contributed by atoms with Crippen molar-refractivity contribution in [3.63, 3.8) is 0 Å². The minimum atomic E-state index is -4.85. The molecular formula is C108H186CaO14S2. The third kappa shape index (κ3) is 78.7. The van der Waals surface area contributed by atoms with Crippen molar-refractivity contribution in [3.05, 3.63) is 108 Å². The smallest absolute Gasteiger partial charge is 0.744 e. The monoisotopic (exact) mass is 1810 g/mol. The topological polar surface area (TPSA) is 220 Å². The number of benzene rings is 2. The van der Waals surface area contributed by atoms with Crippen LogP contribution < -0.4 is 0 Å². The van der Waals surface area contributed by atoms with Gasteiger partial charge in [-0.05, 0) is 112 Å². The second-order valence-corrected chi connectivity index (χ2v) is 38.8. The first kappa shape index (κ1) is 121. The molecule has 0 amide bonds. The summed E-state index contributed by atoms with van der Waals surface area (Å²) in [7, 11) is -9.70. The molecule has 0 heterocycles. The molecule has 17 heteroatoms. The Kier molecular flexibility index (Phi) is 89.5. The zero-order chi connectivity index (χ0) is 90.1. The van der Waals surface area contributed by atoms with Gasteiger partial charge in [0.15, 0.2) is 0 Å². The van der Waals surface area contributed by atoms with Crippen LogP contribution in [0.25, 0.3) is 0 Å². The summed E-state index contributed by atoms with van der Waals surface area (Å²) >= 11 is 0. The SMILES string of the molecule is CCCCCCCCCCCCCCCCCCCCC/C=C/OC(=O)c1ccc(S(=O)(=O)[O-])cc1C(=O)O/C=C/CCCCCCCCCCCCCCCCCCCCC.CCCCCCCCCCCCCCCCCCCCC/C=C/OC(=O)c1ccc(S(=O)(=O)[O-])cc1C(=O)O/C=C/CCCCCCCCCCCCCCCCCCCCC.[Ca+2]. The molecule has 0 fully saturated rings. The third-order valence-electron chi connectivity index (χ3n) is 24.4. The van der Waals surface area contributed by atoms with E-state index in [-0.39, 0.29) is 60.0 Å². The van der Waals surface area contributed by atoms with Gasteiger partial charge in [-0.15, -0.1) is 0 Å². The van der Waals surface area contributed by atoms with Crippen molar-refractivity contribution in [2.24, 2.45) is 0 Å². The van der Waals surface area contributed by atoms with Crippen molar-refractivity contribution in [2.45, 2.75) is 551 Å². The summed E-state index contributed by atoms with van der Waals surface area (Å²) in [4.78, 5) is 50.4. The van der Waals surface area contributed by atoms with Crippen LogP contribution in [-0.2, 0) is 39.2 Å². The van der Waals surface area contributed by atoms with Gasteiger partial charge >= 0.3 is 61.6 Å². The Morgan fingerprint density at radius 2 is 0.344 bits per heavy atom. The van der Waals surface area contributed by atoms with E-state index in [9.17, 15) is 45.1 Å². The van der Waals surface area contributed by atoms with Crippen molar-refractivity contribution in [3.8, 4) is 0 Å². The Hall–Kier alpha value is -3.64. The van der Waals surface area contributed by atoms with E-state index >= 15 is 0 Å². The van der Waals surface area contributed by atoms with Crippen molar-refractivity contribution < 1.29 is 64.1 Å². The molecule has 0 aromatic heterocycles. The average Bonchev–Trinajstić information content (AvgIpc) is 0.812. The molecule has 0 aliphatic heterocycles. The molecule has 0 spiro atoms. The van der Waals surface area contributed by atoms with E-state index in [4.69, 9.17) is 18.9 Å². The minimum Gasteiger partial charge on any atom is -0.744 e. The van der Waals surface area contributed by atoms with Crippen LogP contribution in [0.2, 0.25) is 0 Å². The molecule has 14 nitrogen and oxygen atoms in total. The number of unbranched alkanes of at least 4 members (excludes halogenated alkanes) is 76. The summed E-state index contributed by atoms with van der Waals surface area (Å²) in [6, 6.07) is 6.03. The fraction of sp³-hybridized carbons (Fsp3) is 0.778. The van der Waals surface area contributed by atoms with E-state index in [0.717, 1.165) is 113 Å². The summed E-state index contributed by atoms with van der Waals surface area (Å²) in [5, 5.41) is 0. The van der Waals surface area contributed by atoms with Gasteiger partial charge in [0.2, 0.25) is 0 Å². The first-order chi connectivity index (χ1) is 60.6. The van der Waals surface area contributed by atoms with Gasteiger partial charge in [0, 0.05) is 0 Å².